The summed E-state index contributed by atoms with van der Waals surface area (Å²) in [4.78, 5) is 12.1. The van der Waals surface area contributed by atoms with Crippen LogP contribution in [0.1, 0.15) is 29.7 Å². The Morgan fingerprint density at radius 2 is 1.88 bits per heavy atom. The van der Waals surface area contributed by atoms with Gasteiger partial charge in [-0.3, -0.25) is 4.79 Å². The molecule has 7 heteroatoms. The van der Waals surface area contributed by atoms with Crippen LogP contribution in [-0.4, -0.2) is 20.9 Å². The molecular weight excluding hydrogens is 340 g/mol. The van der Waals surface area contributed by atoms with Gasteiger partial charge in [0.15, 0.2) is 6.61 Å². The van der Waals surface area contributed by atoms with Crippen molar-refractivity contribution in [1.29, 1.82) is 0 Å². The van der Waals surface area contributed by atoms with Gasteiger partial charge in [-0.25, -0.2) is 13.6 Å². The van der Waals surface area contributed by atoms with Gasteiger partial charge in [-0.2, -0.15) is 0 Å². The predicted molar refractivity (Wildman–Crippen MR) is 95.8 cm³/mol. The number of amides is 1. The number of ether oxygens (including phenoxy) is 1. The second-order valence-corrected chi connectivity index (χ2v) is 7.50. The van der Waals surface area contributed by atoms with E-state index in [2.05, 4.69) is 5.32 Å². The van der Waals surface area contributed by atoms with Crippen LogP contribution in [0.4, 0.5) is 0 Å². The Labute approximate surface area is 148 Å². The monoisotopic (exact) mass is 362 g/mol. The van der Waals surface area contributed by atoms with E-state index in [1.807, 2.05) is 32.0 Å². The topological polar surface area (TPSA) is 98.5 Å². The lowest BCUT2D eigenvalue weighted by molar-refractivity contribution is -0.123. The first-order valence-corrected chi connectivity index (χ1v) is 9.33. The van der Waals surface area contributed by atoms with Crippen LogP contribution in [0.25, 0.3) is 0 Å². The first-order chi connectivity index (χ1) is 11.7. The minimum atomic E-state index is -3.78. The molecule has 0 aliphatic carbocycles. The van der Waals surface area contributed by atoms with Crippen LogP contribution >= 0.6 is 0 Å². The normalized spacial score (nSPS) is 12.5. The second-order valence-electron chi connectivity index (χ2n) is 5.94. The zero-order valence-electron chi connectivity index (χ0n) is 14.4. The Kier molecular flexibility index (Phi) is 5.81. The quantitative estimate of drug-likeness (QED) is 0.823. The number of carbonyl (C=O) groups is 1. The number of hydrogen-bond donors (Lipinski definition) is 2. The van der Waals surface area contributed by atoms with Crippen molar-refractivity contribution in [2.45, 2.75) is 31.7 Å². The molecule has 0 fully saturated rings. The highest BCUT2D eigenvalue weighted by Crippen LogP contribution is 2.18. The van der Waals surface area contributed by atoms with Gasteiger partial charge in [-0.1, -0.05) is 18.2 Å². The lowest BCUT2D eigenvalue weighted by atomic mass is 10.1. The lowest BCUT2D eigenvalue weighted by Gasteiger charge is -2.15. The van der Waals surface area contributed by atoms with Gasteiger partial charge in [-0.15, -0.1) is 0 Å². The Morgan fingerprint density at radius 3 is 2.52 bits per heavy atom. The molecule has 0 saturated carbocycles. The van der Waals surface area contributed by atoms with Gasteiger partial charge in [0.2, 0.25) is 10.0 Å². The van der Waals surface area contributed by atoms with Crippen molar-refractivity contribution in [1.82, 2.24) is 5.32 Å². The standard InChI is InChI=1S/C18H22N2O4S/c1-12-7-8-16(9-13(12)2)24-11-18(21)20-14(3)15-5-4-6-17(10-15)25(19,22)23/h4-10,14H,11H2,1-3H3,(H,20,21)(H2,19,22,23). The third-order valence-corrected chi connectivity index (χ3v) is 4.82. The smallest absolute Gasteiger partial charge is 0.258 e. The summed E-state index contributed by atoms with van der Waals surface area (Å²) in [6.07, 6.45) is 0. The minimum Gasteiger partial charge on any atom is -0.484 e. The average molecular weight is 362 g/mol. The summed E-state index contributed by atoms with van der Waals surface area (Å²) in [5, 5.41) is 7.90. The van der Waals surface area contributed by atoms with E-state index in [1.165, 1.54) is 12.1 Å². The molecule has 6 nitrogen and oxygen atoms in total. The lowest BCUT2D eigenvalue weighted by Crippen LogP contribution is -2.31. The molecule has 25 heavy (non-hydrogen) atoms. The van der Waals surface area contributed by atoms with Crippen LogP contribution in [-0.2, 0) is 14.8 Å². The molecule has 0 bridgehead atoms. The van der Waals surface area contributed by atoms with Crippen molar-refractivity contribution >= 4 is 15.9 Å². The van der Waals surface area contributed by atoms with E-state index in [0.717, 1.165) is 11.1 Å². The highest BCUT2D eigenvalue weighted by atomic mass is 32.2. The van der Waals surface area contributed by atoms with Gasteiger partial charge in [-0.05, 0) is 61.7 Å². The molecule has 2 rings (SSSR count). The van der Waals surface area contributed by atoms with E-state index in [9.17, 15) is 13.2 Å². The van der Waals surface area contributed by atoms with Gasteiger partial charge >= 0.3 is 0 Å². The number of hydrogen-bond acceptors (Lipinski definition) is 4. The maximum atomic E-state index is 12.1. The van der Waals surface area contributed by atoms with E-state index in [4.69, 9.17) is 9.88 Å². The van der Waals surface area contributed by atoms with Crippen LogP contribution in [0.15, 0.2) is 47.4 Å². The summed E-state index contributed by atoms with van der Waals surface area (Å²) in [6.45, 7) is 5.61. The van der Waals surface area contributed by atoms with Crippen molar-refractivity contribution < 1.29 is 17.9 Å². The second kappa shape index (κ2) is 7.67. The fraction of sp³-hybridized carbons (Fsp3) is 0.278. The highest BCUT2D eigenvalue weighted by Gasteiger charge is 2.14. The highest BCUT2D eigenvalue weighted by molar-refractivity contribution is 7.89. The molecule has 0 saturated heterocycles. The van der Waals surface area contributed by atoms with Gasteiger partial charge in [0, 0.05) is 0 Å². The molecule has 0 aliphatic rings. The summed E-state index contributed by atoms with van der Waals surface area (Å²) in [6, 6.07) is 11.4. The first-order valence-electron chi connectivity index (χ1n) is 7.79. The third kappa shape index (κ3) is 5.30. The van der Waals surface area contributed by atoms with Crippen LogP contribution < -0.4 is 15.2 Å². The molecule has 0 radical (unpaired) electrons. The number of nitrogens with two attached hydrogens (primary N) is 1. The largest absolute Gasteiger partial charge is 0.484 e. The summed E-state index contributed by atoms with van der Waals surface area (Å²) in [7, 11) is -3.78. The van der Waals surface area contributed by atoms with Crippen molar-refractivity contribution in [2.75, 3.05) is 6.61 Å². The van der Waals surface area contributed by atoms with Crippen LogP contribution in [0.2, 0.25) is 0 Å². The molecule has 3 N–H and O–H groups in total. The molecule has 1 atom stereocenters. The molecule has 1 unspecified atom stereocenters. The van der Waals surface area contributed by atoms with E-state index in [1.54, 1.807) is 19.1 Å². The number of primary sulfonamides is 1. The fourth-order valence-corrected chi connectivity index (χ4v) is 2.85. The first kappa shape index (κ1) is 19.0. The summed E-state index contributed by atoms with van der Waals surface area (Å²) < 4.78 is 28.3. The molecule has 134 valence electrons. The van der Waals surface area contributed by atoms with Crippen molar-refractivity contribution in [3.8, 4) is 5.75 Å². The average Bonchev–Trinajstić information content (AvgIpc) is 2.55. The number of nitrogens with one attached hydrogen (secondary N) is 1. The minimum absolute atomic E-state index is 0.0116. The molecule has 0 heterocycles. The molecule has 0 aliphatic heterocycles. The van der Waals surface area contributed by atoms with E-state index in [-0.39, 0.29) is 23.5 Å². The zero-order valence-corrected chi connectivity index (χ0v) is 15.3. The van der Waals surface area contributed by atoms with Gasteiger partial charge in [0.05, 0.1) is 10.9 Å². The molecule has 1 amide bonds. The van der Waals surface area contributed by atoms with E-state index >= 15 is 0 Å². The number of benzene rings is 2. The maximum Gasteiger partial charge on any atom is 0.258 e. The number of aryl methyl sites for hydroxylation is 2. The molecule has 0 aromatic heterocycles. The number of rotatable bonds is 6. The Bertz CT molecular complexity index is 878. The zero-order chi connectivity index (χ0) is 18.6. The molecule has 2 aromatic rings. The SMILES string of the molecule is Cc1ccc(OCC(=O)NC(C)c2cccc(S(N)(=O)=O)c2)cc1C. The summed E-state index contributed by atoms with van der Waals surface area (Å²) in [5.41, 5.74) is 2.89. The van der Waals surface area contributed by atoms with Crippen LogP contribution in [0.5, 0.6) is 5.75 Å². The third-order valence-electron chi connectivity index (χ3n) is 3.91. The van der Waals surface area contributed by atoms with Gasteiger partial charge < -0.3 is 10.1 Å². The van der Waals surface area contributed by atoms with E-state index in [0.29, 0.717) is 11.3 Å². The number of carbonyl (C=O) groups excluding carboxylic acids is 1. The van der Waals surface area contributed by atoms with Gasteiger partial charge in [0.25, 0.3) is 5.91 Å². The predicted octanol–water partition coefficient (Wildman–Crippen LogP) is 2.21. The van der Waals surface area contributed by atoms with E-state index < -0.39 is 10.0 Å². The van der Waals surface area contributed by atoms with Crippen LogP contribution in [0, 0.1) is 13.8 Å². The van der Waals surface area contributed by atoms with Gasteiger partial charge in [0.1, 0.15) is 5.75 Å². The van der Waals surface area contributed by atoms with Crippen LogP contribution in [0.3, 0.4) is 0 Å². The van der Waals surface area contributed by atoms with Crippen molar-refractivity contribution in [3.63, 3.8) is 0 Å². The number of sulfonamides is 1. The summed E-state index contributed by atoms with van der Waals surface area (Å²) >= 11 is 0. The Hall–Kier alpha value is -2.38. The Morgan fingerprint density at radius 1 is 1.16 bits per heavy atom. The fourth-order valence-electron chi connectivity index (χ4n) is 2.28. The van der Waals surface area contributed by atoms with Crippen molar-refractivity contribution in [2.24, 2.45) is 5.14 Å². The Balaban J connectivity index is 1.97. The molecule has 0 spiro atoms. The molecular formula is C18H22N2O4S. The maximum absolute atomic E-state index is 12.1. The molecule has 2 aromatic carbocycles. The summed E-state index contributed by atoms with van der Waals surface area (Å²) in [5.74, 6) is 0.328. The van der Waals surface area contributed by atoms with Crippen molar-refractivity contribution in [3.05, 3.63) is 59.2 Å².